The average Bonchev–Trinajstić information content (AvgIpc) is 3.73. The maximum Gasteiger partial charge on any atom is 0.350 e. The van der Waals surface area contributed by atoms with E-state index in [0.717, 1.165) is 5.56 Å². The second kappa shape index (κ2) is 12.4. The van der Waals surface area contributed by atoms with E-state index in [0.29, 0.717) is 68.5 Å². The number of rotatable bonds is 8. The number of hydrogen-bond acceptors (Lipinski definition) is 11. The molecule has 0 spiro atoms. The third-order valence-corrected chi connectivity index (χ3v) is 7.35. The number of nitrogens with zero attached hydrogens (tertiary/aromatic N) is 9. The predicted molar refractivity (Wildman–Crippen MR) is 142 cm³/mol. The third kappa shape index (κ3) is 5.90. The van der Waals surface area contributed by atoms with Crippen molar-refractivity contribution in [2.45, 2.75) is 18.8 Å². The van der Waals surface area contributed by atoms with Crippen molar-refractivity contribution < 1.29 is 27.8 Å². The van der Waals surface area contributed by atoms with E-state index in [1.54, 1.807) is 17.0 Å². The van der Waals surface area contributed by atoms with Gasteiger partial charge in [0.25, 0.3) is 5.91 Å². The Morgan fingerprint density at radius 3 is 2.45 bits per heavy atom. The van der Waals surface area contributed by atoms with E-state index >= 15 is 0 Å². The van der Waals surface area contributed by atoms with Gasteiger partial charge in [0.05, 0.1) is 19.3 Å². The summed E-state index contributed by atoms with van der Waals surface area (Å²) in [5, 5.41) is 22.0. The molecule has 15 heteroatoms. The summed E-state index contributed by atoms with van der Waals surface area (Å²) in [5.74, 6) is 0.183. The fourth-order valence-corrected chi connectivity index (χ4v) is 5.16. The Labute approximate surface area is 239 Å². The number of piperazine rings is 1. The highest BCUT2D eigenvalue weighted by Crippen LogP contribution is 2.28. The molecule has 2 atom stereocenters. The lowest BCUT2D eigenvalue weighted by Gasteiger charge is -2.38. The van der Waals surface area contributed by atoms with Crippen molar-refractivity contribution in [2.24, 2.45) is 0 Å². The minimum absolute atomic E-state index is 0.166. The van der Waals surface area contributed by atoms with Crippen molar-refractivity contribution in [3.05, 3.63) is 77.7 Å². The van der Waals surface area contributed by atoms with Crippen LogP contribution >= 0.6 is 0 Å². The number of oxazole rings is 1. The van der Waals surface area contributed by atoms with Crippen LogP contribution in [0.15, 0.2) is 59.3 Å². The molecule has 1 amide bonds. The quantitative estimate of drug-likeness (QED) is 0.327. The lowest BCUT2D eigenvalue weighted by atomic mass is 10.0. The van der Waals surface area contributed by atoms with Gasteiger partial charge in [0, 0.05) is 51.0 Å². The fraction of sp³-hybridized carbons (Fsp3) is 0.407. The number of aliphatic hydroxyl groups excluding tert-OH is 1. The van der Waals surface area contributed by atoms with Gasteiger partial charge in [0.15, 0.2) is 12.1 Å². The number of carbonyl (C=O) groups excluding carboxylic acids is 1. The SMILES string of the molecule is O=C(c1cc(-c2nc(C(O)N3CCOCC3)co2)ccn1)N1CCN([C@H](c2ccccc2)c2nnn(C(F)F)n2)CC1. The number of pyridine rings is 1. The van der Waals surface area contributed by atoms with Crippen LogP contribution in [0.4, 0.5) is 8.78 Å². The van der Waals surface area contributed by atoms with Gasteiger partial charge < -0.3 is 19.2 Å². The molecular weight excluding hydrogens is 552 g/mol. The number of aliphatic hydroxyl groups is 1. The number of alkyl halides is 2. The Morgan fingerprint density at radius 1 is 0.976 bits per heavy atom. The number of halogens is 2. The molecule has 1 unspecified atom stereocenters. The first-order chi connectivity index (χ1) is 20.5. The number of morpholine rings is 1. The summed E-state index contributed by atoms with van der Waals surface area (Å²) in [6.07, 6.45) is 2.01. The molecule has 5 heterocycles. The first-order valence-electron chi connectivity index (χ1n) is 13.6. The van der Waals surface area contributed by atoms with Crippen LogP contribution in [0.1, 0.15) is 46.4 Å². The highest BCUT2D eigenvalue weighted by Gasteiger charge is 2.32. The number of ether oxygens (including phenoxy) is 1. The zero-order valence-corrected chi connectivity index (χ0v) is 22.5. The molecule has 6 rings (SSSR count). The van der Waals surface area contributed by atoms with Crippen molar-refractivity contribution in [1.29, 1.82) is 0 Å². The number of tetrazole rings is 1. The smallest absolute Gasteiger partial charge is 0.350 e. The Bertz CT molecular complexity index is 1490. The number of carbonyl (C=O) groups is 1. The number of benzene rings is 1. The summed E-state index contributed by atoms with van der Waals surface area (Å²) in [4.78, 5) is 28.0. The molecular formula is C27H29F2N9O4. The highest BCUT2D eigenvalue weighted by atomic mass is 19.3. The molecule has 220 valence electrons. The van der Waals surface area contributed by atoms with E-state index in [2.05, 4.69) is 25.4 Å². The van der Waals surface area contributed by atoms with Crippen molar-refractivity contribution in [2.75, 3.05) is 52.5 Å². The van der Waals surface area contributed by atoms with Gasteiger partial charge in [-0.3, -0.25) is 19.6 Å². The van der Waals surface area contributed by atoms with Crippen LogP contribution in [-0.4, -0.2) is 108 Å². The van der Waals surface area contributed by atoms with Crippen molar-refractivity contribution in [3.63, 3.8) is 0 Å². The van der Waals surface area contributed by atoms with E-state index < -0.39 is 18.8 Å². The molecule has 0 aliphatic carbocycles. The number of aromatic nitrogens is 6. The Morgan fingerprint density at radius 2 is 1.74 bits per heavy atom. The zero-order chi connectivity index (χ0) is 29.1. The molecule has 2 fully saturated rings. The average molecular weight is 582 g/mol. The number of hydrogen-bond donors (Lipinski definition) is 1. The summed E-state index contributed by atoms with van der Waals surface area (Å²) >= 11 is 0. The second-order valence-corrected chi connectivity index (χ2v) is 9.92. The molecule has 4 aromatic rings. The standard InChI is InChI=1S/C27H29F2N9O4/c28-27(29)38-33-23(32-34-38)22(18-4-2-1-3-5-18)35-8-10-36(11-9-35)25(39)20-16-19(6-7-30-20)24-31-21(17-42-24)26(40)37-12-14-41-15-13-37/h1-7,16-17,22,26-27,40H,8-15H2/t22-,26?/m1/s1. The topological polar surface area (TPSA) is 139 Å². The van der Waals surface area contributed by atoms with Crippen LogP contribution in [0.3, 0.4) is 0 Å². The van der Waals surface area contributed by atoms with E-state index in [4.69, 9.17) is 9.15 Å². The van der Waals surface area contributed by atoms with E-state index in [1.807, 2.05) is 40.1 Å². The molecule has 2 saturated heterocycles. The lowest BCUT2D eigenvalue weighted by molar-refractivity contribution is -0.0622. The van der Waals surface area contributed by atoms with E-state index in [9.17, 15) is 18.7 Å². The maximum atomic E-state index is 13.4. The highest BCUT2D eigenvalue weighted by molar-refractivity contribution is 5.93. The number of amides is 1. The summed E-state index contributed by atoms with van der Waals surface area (Å²) < 4.78 is 37.3. The van der Waals surface area contributed by atoms with Gasteiger partial charge in [0.2, 0.25) is 5.89 Å². The van der Waals surface area contributed by atoms with Crippen LogP contribution in [-0.2, 0) is 4.74 Å². The maximum absolute atomic E-state index is 13.4. The van der Waals surface area contributed by atoms with Gasteiger partial charge in [-0.1, -0.05) is 35.1 Å². The van der Waals surface area contributed by atoms with Gasteiger partial charge in [-0.05, 0) is 22.9 Å². The summed E-state index contributed by atoms with van der Waals surface area (Å²) in [5.41, 5.74) is 2.01. The second-order valence-electron chi connectivity index (χ2n) is 9.92. The van der Waals surface area contributed by atoms with Crippen molar-refractivity contribution >= 4 is 5.91 Å². The minimum atomic E-state index is -2.89. The summed E-state index contributed by atoms with van der Waals surface area (Å²) in [6.45, 7) is 1.03. The largest absolute Gasteiger partial charge is 0.444 e. The molecule has 13 nitrogen and oxygen atoms in total. The molecule has 2 aliphatic rings. The van der Waals surface area contributed by atoms with Gasteiger partial charge in [-0.25, -0.2) is 4.98 Å². The van der Waals surface area contributed by atoms with E-state index in [-0.39, 0.29) is 23.3 Å². The molecule has 0 saturated carbocycles. The predicted octanol–water partition coefficient (Wildman–Crippen LogP) is 1.99. The van der Waals surface area contributed by atoms with Gasteiger partial charge in [-0.2, -0.15) is 8.78 Å². The summed E-state index contributed by atoms with van der Waals surface area (Å²) in [7, 11) is 0. The van der Waals surface area contributed by atoms with Crippen molar-refractivity contribution in [1.82, 2.24) is 44.9 Å². The Hall–Kier alpha value is -4.18. The molecule has 2 aliphatic heterocycles. The van der Waals surface area contributed by atoms with Crippen LogP contribution in [0.25, 0.3) is 11.5 Å². The van der Waals surface area contributed by atoms with Crippen LogP contribution < -0.4 is 0 Å². The molecule has 1 aromatic carbocycles. The molecule has 0 radical (unpaired) electrons. The Balaban J connectivity index is 1.14. The lowest BCUT2D eigenvalue weighted by Crippen LogP contribution is -2.50. The minimum Gasteiger partial charge on any atom is -0.444 e. The third-order valence-electron chi connectivity index (χ3n) is 7.35. The molecule has 42 heavy (non-hydrogen) atoms. The van der Waals surface area contributed by atoms with Crippen LogP contribution in [0, 0.1) is 0 Å². The molecule has 1 N–H and O–H groups in total. The van der Waals surface area contributed by atoms with E-state index in [1.165, 1.54) is 12.5 Å². The first-order valence-corrected chi connectivity index (χ1v) is 13.6. The fourth-order valence-electron chi connectivity index (χ4n) is 5.16. The molecule has 0 bridgehead atoms. The van der Waals surface area contributed by atoms with Gasteiger partial charge in [-0.15, -0.1) is 10.2 Å². The van der Waals surface area contributed by atoms with Crippen LogP contribution in [0.5, 0.6) is 0 Å². The zero-order valence-electron chi connectivity index (χ0n) is 22.5. The molecule has 3 aromatic heterocycles. The van der Waals surface area contributed by atoms with Crippen molar-refractivity contribution in [3.8, 4) is 11.5 Å². The Kier molecular flexibility index (Phi) is 8.23. The van der Waals surface area contributed by atoms with Crippen LogP contribution in [0.2, 0.25) is 0 Å². The monoisotopic (exact) mass is 581 g/mol. The van der Waals surface area contributed by atoms with Gasteiger partial charge >= 0.3 is 6.55 Å². The normalized spacial score (nSPS) is 18.3. The van der Waals surface area contributed by atoms with Gasteiger partial charge in [0.1, 0.15) is 17.7 Å². The summed E-state index contributed by atoms with van der Waals surface area (Å²) in [6, 6.07) is 12.2. The first kappa shape index (κ1) is 28.0.